The summed E-state index contributed by atoms with van der Waals surface area (Å²) in [6, 6.07) is 10.1. The van der Waals surface area contributed by atoms with E-state index in [9.17, 15) is 4.79 Å². The normalized spacial score (nSPS) is 18.8. The molecule has 1 aliphatic rings. The Bertz CT molecular complexity index is 600. The average molecular weight is 289 g/mol. The third-order valence-electron chi connectivity index (χ3n) is 3.48. The molecule has 0 saturated carbocycles. The lowest BCUT2D eigenvalue weighted by Gasteiger charge is -2.18. The minimum atomic E-state index is 0.221. The molecule has 0 spiro atoms. The van der Waals surface area contributed by atoms with Crippen LogP contribution in [0.15, 0.2) is 35.5 Å². The van der Waals surface area contributed by atoms with E-state index < -0.39 is 0 Å². The molecule has 0 radical (unpaired) electrons. The maximum Gasteiger partial charge on any atom is 0.222 e. The van der Waals surface area contributed by atoms with Crippen LogP contribution in [-0.2, 0) is 4.79 Å². The first-order valence-corrected chi connectivity index (χ1v) is 7.46. The zero-order valence-electron chi connectivity index (χ0n) is 11.1. The van der Waals surface area contributed by atoms with Gasteiger partial charge in [-0.05, 0) is 29.0 Å². The molecule has 6 nitrogen and oxygen atoms in total. The van der Waals surface area contributed by atoms with Crippen molar-refractivity contribution in [3.8, 4) is 5.69 Å². The zero-order chi connectivity index (χ0) is 13.9. The topological polar surface area (TPSA) is 63.9 Å². The number of hydrogen-bond donors (Lipinski definition) is 0. The minimum absolute atomic E-state index is 0.221. The molecule has 104 valence electrons. The number of nitrogens with zero attached hydrogens (tertiary/aromatic N) is 5. The van der Waals surface area contributed by atoms with Gasteiger partial charge in [0.25, 0.3) is 0 Å². The van der Waals surface area contributed by atoms with Gasteiger partial charge in [0.1, 0.15) is 0 Å². The fourth-order valence-corrected chi connectivity index (χ4v) is 3.32. The lowest BCUT2D eigenvalue weighted by molar-refractivity contribution is -0.127. The highest BCUT2D eigenvalue weighted by atomic mass is 32.2. The highest BCUT2D eigenvalue weighted by Crippen LogP contribution is 2.25. The number of tetrazole rings is 1. The van der Waals surface area contributed by atoms with E-state index in [-0.39, 0.29) is 11.9 Å². The molecule has 0 N–H and O–H groups in total. The Morgan fingerprint density at radius 3 is 2.85 bits per heavy atom. The molecule has 1 aromatic carbocycles. The second kappa shape index (κ2) is 5.62. The fourth-order valence-electron chi connectivity index (χ4n) is 2.23. The minimum Gasteiger partial charge on any atom is -0.342 e. The smallest absolute Gasteiger partial charge is 0.222 e. The summed E-state index contributed by atoms with van der Waals surface area (Å²) in [6.45, 7) is 0. The monoisotopic (exact) mass is 289 g/mol. The molecule has 1 atom stereocenters. The van der Waals surface area contributed by atoms with E-state index in [0.29, 0.717) is 6.42 Å². The summed E-state index contributed by atoms with van der Waals surface area (Å²) in [5, 5.41) is 12.6. The molecule has 20 heavy (non-hydrogen) atoms. The number of thioether (sulfide) groups is 1. The standard InChI is InChI=1S/C13H15N5OS/c1-17-11(7-8-12(17)19)9-20-13-14-15-16-18(13)10-5-3-2-4-6-10/h2-6,11H,7-9H2,1H3/t11-/m1/s1. The lowest BCUT2D eigenvalue weighted by Crippen LogP contribution is -2.30. The van der Waals surface area contributed by atoms with Crippen molar-refractivity contribution in [1.29, 1.82) is 0 Å². The van der Waals surface area contributed by atoms with Crippen molar-refractivity contribution in [2.24, 2.45) is 0 Å². The van der Waals surface area contributed by atoms with Crippen LogP contribution in [0.3, 0.4) is 0 Å². The fraction of sp³-hybridized carbons (Fsp3) is 0.385. The first-order chi connectivity index (χ1) is 9.75. The summed E-state index contributed by atoms with van der Waals surface area (Å²) in [5.41, 5.74) is 0.941. The molecule has 2 aromatic rings. The summed E-state index contributed by atoms with van der Waals surface area (Å²) in [7, 11) is 1.86. The van der Waals surface area contributed by atoms with Crippen molar-refractivity contribution in [3.05, 3.63) is 30.3 Å². The summed E-state index contributed by atoms with van der Waals surface area (Å²) in [4.78, 5) is 13.3. The molecular weight excluding hydrogens is 274 g/mol. The molecule has 0 bridgehead atoms. The van der Waals surface area contributed by atoms with Crippen molar-refractivity contribution in [2.75, 3.05) is 12.8 Å². The van der Waals surface area contributed by atoms with E-state index in [1.807, 2.05) is 42.3 Å². The maximum absolute atomic E-state index is 11.5. The molecule has 3 rings (SSSR count). The Kier molecular flexibility index (Phi) is 3.68. The predicted octanol–water partition coefficient (Wildman–Crippen LogP) is 1.38. The third-order valence-corrected chi connectivity index (χ3v) is 4.54. The van der Waals surface area contributed by atoms with Gasteiger partial charge in [-0.3, -0.25) is 4.79 Å². The second-order valence-electron chi connectivity index (χ2n) is 4.72. The maximum atomic E-state index is 11.5. The van der Waals surface area contributed by atoms with Crippen LogP contribution in [-0.4, -0.2) is 49.9 Å². The molecule has 2 heterocycles. The summed E-state index contributed by atoms with van der Waals surface area (Å²) >= 11 is 1.58. The predicted molar refractivity (Wildman–Crippen MR) is 75.7 cm³/mol. The van der Waals surface area contributed by atoms with Crippen LogP contribution in [0.2, 0.25) is 0 Å². The summed E-state index contributed by atoms with van der Waals surface area (Å²) in [5.74, 6) is 1.04. The van der Waals surface area contributed by atoms with Gasteiger partial charge in [0.05, 0.1) is 5.69 Å². The average Bonchev–Trinajstić information content (AvgIpc) is 3.07. The molecule has 1 aromatic heterocycles. The number of aromatic nitrogens is 4. The van der Waals surface area contributed by atoms with Crippen molar-refractivity contribution >= 4 is 17.7 Å². The van der Waals surface area contributed by atoms with Crippen molar-refractivity contribution in [3.63, 3.8) is 0 Å². The number of carbonyl (C=O) groups is 1. The molecule has 0 unspecified atom stereocenters. The molecule has 7 heteroatoms. The van der Waals surface area contributed by atoms with Gasteiger partial charge >= 0.3 is 0 Å². The zero-order valence-corrected chi connectivity index (χ0v) is 12.0. The molecule has 1 fully saturated rings. The number of hydrogen-bond acceptors (Lipinski definition) is 5. The number of likely N-dealkylation sites (tertiary alicyclic amines) is 1. The van der Waals surface area contributed by atoms with E-state index >= 15 is 0 Å². The third kappa shape index (κ3) is 2.53. The van der Waals surface area contributed by atoms with Crippen LogP contribution in [0.1, 0.15) is 12.8 Å². The van der Waals surface area contributed by atoms with Gasteiger partial charge in [-0.25, -0.2) is 0 Å². The summed E-state index contributed by atoms with van der Waals surface area (Å²) < 4.78 is 1.72. The Balaban J connectivity index is 1.70. The first kappa shape index (κ1) is 13.1. The van der Waals surface area contributed by atoms with Crippen LogP contribution < -0.4 is 0 Å². The number of amides is 1. The van der Waals surface area contributed by atoms with Gasteiger partial charge in [0.2, 0.25) is 11.1 Å². The van der Waals surface area contributed by atoms with E-state index in [0.717, 1.165) is 23.0 Å². The van der Waals surface area contributed by atoms with Crippen molar-refractivity contribution < 1.29 is 4.79 Å². The Hall–Kier alpha value is -1.89. The molecule has 0 aliphatic carbocycles. The van der Waals surface area contributed by atoms with Crippen LogP contribution in [0.25, 0.3) is 5.69 Å². The molecule has 1 saturated heterocycles. The van der Waals surface area contributed by atoms with Gasteiger partial charge in [-0.1, -0.05) is 30.0 Å². The Morgan fingerprint density at radius 1 is 1.35 bits per heavy atom. The van der Waals surface area contributed by atoms with Gasteiger partial charge in [-0.2, -0.15) is 4.68 Å². The van der Waals surface area contributed by atoms with Crippen LogP contribution in [0.5, 0.6) is 0 Å². The number of benzene rings is 1. The van der Waals surface area contributed by atoms with Gasteiger partial charge < -0.3 is 4.90 Å². The number of rotatable bonds is 4. The number of para-hydroxylation sites is 1. The van der Waals surface area contributed by atoms with E-state index in [4.69, 9.17) is 0 Å². The van der Waals surface area contributed by atoms with Crippen molar-refractivity contribution in [2.45, 2.75) is 24.0 Å². The lowest BCUT2D eigenvalue weighted by atomic mass is 10.2. The quantitative estimate of drug-likeness (QED) is 0.796. The van der Waals surface area contributed by atoms with Gasteiger partial charge in [-0.15, -0.1) is 5.10 Å². The van der Waals surface area contributed by atoms with Crippen LogP contribution in [0, 0.1) is 0 Å². The highest BCUT2D eigenvalue weighted by Gasteiger charge is 2.28. The van der Waals surface area contributed by atoms with Gasteiger partial charge in [0.15, 0.2) is 0 Å². The van der Waals surface area contributed by atoms with Crippen LogP contribution >= 0.6 is 11.8 Å². The molecule has 1 aliphatic heterocycles. The SMILES string of the molecule is CN1C(=O)CC[C@@H]1CSc1nnnn1-c1ccccc1. The van der Waals surface area contributed by atoms with Crippen molar-refractivity contribution in [1.82, 2.24) is 25.1 Å². The van der Waals surface area contributed by atoms with E-state index in [2.05, 4.69) is 15.5 Å². The van der Waals surface area contributed by atoms with Crippen LogP contribution in [0.4, 0.5) is 0 Å². The molecular formula is C13H15N5OS. The number of carbonyl (C=O) groups excluding carboxylic acids is 1. The van der Waals surface area contributed by atoms with Gasteiger partial charge in [0, 0.05) is 25.3 Å². The Morgan fingerprint density at radius 2 is 2.15 bits per heavy atom. The second-order valence-corrected chi connectivity index (χ2v) is 5.70. The molecule has 1 amide bonds. The first-order valence-electron chi connectivity index (χ1n) is 6.48. The Labute approximate surface area is 121 Å². The largest absolute Gasteiger partial charge is 0.342 e. The van der Waals surface area contributed by atoms with E-state index in [1.54, 1.807) is 16.4 Å². The summed E-state index contributed by atoms with van der Waals surface area (Å²) in [6.07, 6.45) is 1.56. The highest BCUT2D eigenvalue weighted by molar-refractivity contribution is 7.99. The van der Waals surface area contributed by atoms with E-state index in [1.165, 1.54) is 0 Å².